The molecule has 2 heteroatoms. The second kappa shape index (κ2) is 8.00. The molecule has 2 aromatic carbocycles. The first kappa shape index (κ1) is 19.4. The number of benzene rings is 2. The van der Waals surface area contributed by atoms with E-state index in [1.54, 1.807) is 0 Å². The third-order valence-electron chi connectivity index (χ3n) is 5.29. The summed E-state index contributed by atoms with van der Waals surface area (Å²) in [5.41, 5.74) is 8.74. The molecule has 0 heterocycles. The van der Waals surface area contributed by atoms with Gasteiger partial charge < -0.3 is 2.85 Å². The van der Waals surface area contributed by atoms with Gasteiger partial charge in [-0.05, 0) is 60.1 Å². The molecule has 0 fully saturated rings. The zero-order chi connectivity index (χ0) is 15.1. The summed E-state index contributed by atoms with van der Waals surface area (Å²) < 4.78 is 0. The average Bonchev–Trinajstić information content (AvgIpc) is 3.11. The second-order valence-corrected chi connectivity index (χ2v) is 6.66. The van der Waals surface area contributed by atoms with Gasteiger partial charge >= 0.3 is 37.7 Å². The summed E-state index contributed by atoms with van der Waals surface area (Å²) in [5, 5.41) is 0. The Kier molecular flexibility index (Phi) is 6.48. The van der Waals surface area contributed by atoms with E-state index in [0.717, 1.165) is 0 Å². The van der Waals surface area contributed by atoms with Crippen molar-refractivity contribution in [1.82, 2.24) is 0 Å². The molecule has 0 bridgehead atoms. The minimum Gasteiger partial charge on any atom is -1.00 e. The van der Waals surface area contributed by atoms with Crippen molar-refractivity contribution in [3.8, 4) is 0 Å². The molecule has 2 aliphatic carbocycles. The van der Waals surface area contributed by atoms with E-state index < -0.39 is 0 Å². The molecule has 2 aliphatic rings. The zero-order valence-corrected chi connectivity index (χ0v) is 15.3. The summed E-state index contributed by atoms with van der Waals surface area (Å²) in [6.07, 6.45) is 11.9. The van der Waals surface area contributed by atoms with Crippen molar-refractivity contribution in [3.63, 3.8) is 0 Å². The maximum atomic E-state index is 2.40. The van der Waals surface area contributed by atoms with Crippen molar-refractivity contribution in [2.45, 2.75) is 38.5 Å². The van der Waals surface area contributed by atoms with Crippen LogP contribution >= 0.6 is 0 Å². The number of hydrogen-bond donors (Lipinski definition) is 0. The van der Waals surface area contributed by atoms with Gasteiger partial charge in [0.25, 0.3) is 0 Å². The molecule has 0 saturated carbocycles. The van der Waals surface area contributed by atoms with Gasteiger partial charge in [-0.1, -0.05) is 60.7 Å². The van der Waals surface area contributed by atoms with E-state index in [4.69, 9.17) is 0 Å². The van der Waals surface area contributed by atoms with E-state index in [1.165, 1.54) is 46.2 Å². The number of rotatable bonds is 3. The van der Waals surface area contributed by atoms with Crippen LogP contribution < -0.4 is 37.7 Å². The molecule has 24 heavy (non-hydrogen) atoms. The van der Waals surface area contributed by atoms with Crippen LogP contribution in [-0.2, 0) is 0 Å². The quantitative estimate of drug-likeness (QED) is 0.713. The molecule has 0 amide bonds. The molecule has 0 aliphatic heterocycles. The molecule has 4 rings (SSSR count). The van der Waals surface area contributed by atoms with Crippen LogP contribution in [0.1, 0.15) is 60.9 Å². The molecular formula is C22H24Li2. The molecule has 0 saturated heterocycles. The van der Waals surface area contributed by atoms with Crippen LogP contribution in [0.5, 0.6) is 0 Å². The monoisotopic (exact) mass is 302 g/mol. The third-order valence-corrected chi connectivity index (χ3v) is 5.29. The topological polar surface area (TPSA) is 0 Å². The standard InChI is InChI=1S/C22H22.2Li.2H/c1-15-5-3-7-21-17(11-13-19(15)21)9-10-18-12-14-20-16(2)6-4-8-22(18)20;;;;/h3-8,11-14,17-18H,9-10H2,1-2H3;;;;/q;2*+1;2*-1. The van der Waals surface area contributed by atoms with Crippen LogP contribution in [0.15, 0.2) is 48.6 Å². The van der Waals surface area contributed by atoms with Crippen molar-refractivity contribution < 1.29 is 40.6 Å². The van der Waals surface area contributed by atoms with Crippen LogP contribution in [0.3, 0.4) is 0 Å². The summed E-state index contributed by atoms with van der Waals surface area (Å²) in [7, 11) is 0. The van der Waals surface area contributed by atoms with Crippen LogP contribution in [0.25, 0.3) is 12.2 Å². The predicted molar refractivity (Wildman–Crippen MR) is 97.4 cm³/mol. The van der Waals surface area contributed by atoms with Crippen molar-refractivity contribution in [1.29, 1.82) is 0 Å². The molecule has 2 aromatic rings. The van der Waals surface area contributed by atoms with Gasteiger partial charge in [0.15, 0.2) is 0 Å². The Balaban J connectivity index is 0.00000156. The van der Waals surface area contributed by atoms with Gasteiger partial charge in [-0.3, -0.25) is 0 Å². The van der Waals surface area contributed by atoms with Gasteiger partial charge in [-0.15, -0.1) is 0 Å². The van der Waals surface area contributed by atoms with Crippen LogP contribution in [0, 0.1) is 13.8 Å². The van der Waals surface area contributed by atoms with Crippen LogP contribution in [0.4, 0.5) is 0 Å². The third kappa shape index (κ3) is 3.40. The van der Waals surface area contributed by atoms with E-state index in [0.29, 0.717) is 11.8 Å². The van der Waals surface area contributed by atoms with E-state index in [9.17, 15) is 0 Å². The fourth-order valence-corrected chi connectivity index (χ4v) is 4.00. The van der Waals surface area contributed by atoms with E-state index in [-0.39, 0.29) is 40.6 Å². The van der Waals surface area contributed by atoms with E-state index in [2.05, 4.69) is 74.5 Å². The van der Waals surface area contributed by atoms with Crippen LogP contribution in [0.2, 0.25) is 0 Å². The zero-order valence-electron chi connectivity index (χ0n) is 17.3. The number of fused-ring (bicyclic) bond motifs is 2. The van der Waals surface area contributed by atoms with Crippen LogP contribution in [-0.4, -0.2) is 0 Å². The van der Waals surface area contributed by atoms with Crippen molar-refractivity contribution in [2.24, 2.45) is 0 Å². The number of hydrogen-bond acceptors (Lipinski definition) is 0. The van der Waals surface area contributed by atoms with Gasteiger partial charge in [0, 0.05) is 11.8 Å². The molecule has 2 unspecified atom stereocenters. The van der Waals surface area contributed by atoms with Crippen molar-refractivity contribution in [3.05, 3.63) is 81.9 Å². The first-order chi connectivity index (χ1) is 10.7. The fraction of sp³-hybridized carbons (Fsp3) is 0.273. The Morgan fingerprint density at radius 2 is 1.12 bits per heavy atom. The number of aryl methyl sites for hydroxylation is 2. The fourth-order valence-electron chi connectivity index (χ4n) is 4.00. The molecule has 0 aromatic heterocycles. The van der Waals surface area contributed by atoms with Crippen molar-refractivity contribution in [2.75, 3.05) is 0 Å². The van der Waals surface area contributed by atoms with E-state index >= 15 is 0 Å². The normalized spacial score (nSPS) is 19.4. The SMILES string of the molecule is Cc1cccc2c1C=CC2CCC1C=Cc2c(C)cccc21.[H-].[H-].[Li+].[Li+]. The predicted octanol–water partition coefficient (Wildman–Crippen LogP) is 0.238. The van der Waals surface area contributed by atoms with Gasteiger partial charge in [-0.2, -0.15) is 0 Å². The molecular weight excluding hydrogens is 278 g/mol. The Morgan fingerprint density at radius 3 is 1.54 bits per heavy atom. The first-order valence-electron chi connectivity index (χ1n) is 8.29. The molecule has 2 atom stereocenters. The first-order valence-corrected chi connectivity index (χ1v) is 8.29. The Morgan fingerprint density at radius 1 is 0.708 bits per heavy atom. The molecule has 114 valence electrons. The van der Waals surface area contributed by atoms with Gasteiger partial charge in [0.1, 0.15) is 0 Å². The molecule has 0 spiro atoms. The maximum absolute atomic E-state index is 2.40. The summed E-state index contributed by atoms with van der Waals surface area (Å²) in [5.74, 6) is 1.19. The van der Waals surface area contributed by atoms with Crippen molar-refractivity contribution >= 4 is 12.2 Å². The van der Waals surface area contributed by atoms with Gasteiger partial charge in [-0.25, -0.2) is 0 Å². The Bertz CT molecular complexity index is 729. The Hall–Kier alpha value is -0.885. The molecule has 0 nitrogen and oxygen atoms in total. The summed E-state index contributed by atoms with van der Waals surface area (Å²) >= 11 is 0. The molecule has 0 radical (unpaired) electrons. The summed E-state index contributed by atoms with van der Waals surface area (Å²) in [6, 6.07) is 13.4. The number of allylic oxidation sites excluding steroid dienone is 2. The minimum absolute atomic E-state index is 0. The average molecular weight is 302 g/mol. The summed E-state index contributed by atoms with van der Waals surface area (Å²) in [6.45, 7) is 4.43. The minimum atomic E-state index is 0. The Labute approximate surface area is 172 Å². The van der Waals surface area contributed by atoms with Gasteiger partial charge in [0.05, 0.1) is 0 Å². The smallest absolute Gasteiger partial charge is 1.00 e. The molecule has 0 N–H and O–H groups in total. The van der Waals surface area contributed by atoms with Gasteiger partial charge in [0.2, 0.25) is 0 Å². The maximum Gasteiger partial charge on any atom is 1.00 e. The summed E-state index contributed by atoms with van der Waals surface area (Å²) in [4.78, 5) is 0. The second-order valence-electron chi connectivity index (χ2n) is 6.66. The largest absolute Gasteiger partial charge is 1.00 e. The van der Waals surface area contributed by atoms with E-state index in [1.807, 2.05) is 0 Å².